The summed E-state index contributed by atoms with van der Waals surface area (Å²) in [5.74, 6) is -0.229. The van der Waals surface area contributed by atoms with Crippen molar-refractivity contribution in [3.05, 3.63) is 71.3 Å². The number of aliphatic hydroxyl groups is 2. The lowest BCUT2D eigenvalue weighted by Crippen LogP contribution is -2.42. The third-order valence-corrected chi connectivity index (χ3v) is 3.89. The maximum atomic E-state index is 12.5. The van der Waals surface area contributed by atoms with Crippen molar-refractivity contribution in [1.29, 1.82) is 0 Å². The zero-order valence-electron chi connectivity index (χ0n) is 11.5. The molecule has 1 aliphatic rings. The summed E-state index contributed by atoms with van der Waals surface area (Å²) in [5.41, 5.74) is 2.14. The highest BCUT2D eigenvalue weighted by molar-refractivity contribution is 5.99. The number of carbonyl (C=O) groups is 1. The first kappa shape index (κ1) is 13.8. The summed E-state index contributed by atoms with van der Waals surface area (Å²) in [6, 6.07) is 16.2. The molecule has 0 aromatic heterocycles. The smallest absolute Gasteiger partial charge is 0.256 e. The van der Waals surface area contributed by atoms with E-state index in [4.69, 9.17) is 0 Å². The lowest BCUT2D eigenvalue weighted by molar-refractivity contribution is -0.0152. The van der Waals surface area contributed by atoms with Crippen molar-refractivity contribution in [1.82, 2.24) is 4.90 Å². The zero-order valence-corrected chi connectivity index (χ0v) is 11.5. The number of nitrogens with zero attached hydrogens (tertiary/aromatic N) is 1. The summed E-state index contributed by atoms with van der Waals surface area (Å²) in [4.78, 5) is 13.8. The highest BCUT2D eigenvalue weighted by Crippen LogP contribution is 2.33. The zero-order chi connectivity index (χ0) is 14.8. The molecule has 1 aliphatic heterocycles. The van der Waals surface area contributed by atoms with Gasteiger partial charge in [0.2, 0.25) is 0 Å². The van der Waals surface area contributed by atoms with E-state index in [1.807, 2.05) is 30.3 Å². The van der Waals surface area contributed by atoms with Crippen molar-refractivity contribution in [3.8, 4) is 0 Å². The molecular weight excluding hydrogens is 266 g/mol. The van der Waals surface area contributed by atoms with E-state index in [-0.39, 0.29) is 12.5 Å². The summed E-state index contributed by atoms with van der Waals surface area (Å²) in [6.45, 7) is -0.189. The van der Waals surface area contributed by atoms with E-state index in [1.165, 1.54) is 4.90 Å². The van der Waals surface area contributed by atoms with E-state index in [1.54, 1.807) is 24.3 Å². The Morgan fingerprint density at radius 1 is 1.05 bits per heavy atom. The number of carbonyl (C=O) groups excluding carboxylic acids is 1. The topological polar surface area (TPSA) is 60.8 Å². The van der Waals surface area contributed by atoms with Crippen LogP contribution in [0.25, 0.3) is 0 Å². The van der Waals surface area contributed by atoms with Crippen molar-refractivity contribution in [2.45, 2.75) is 18.7 Å². The number of fused-ring (bicyclic) bond motifs is 1. The van der Waals surface area contributed by atoms with Gasteiger partial charge in [0.25, 0.3) is 5.91 Å². The minimum atomic E-state index is -0.991. The van der Waals surface area contributed by atoms with Gasteiger partial charge in [-0.05, 0) is 18.1 Å². The summed E-state index contributed by atoms with van der Waals surface area (Å²) < 4.78 is 0. The predicted molar refractivity (Wildman–Crippen MR) is 78.6 cm³/mol. The molecule has 2 atom stereocenters. The Morgan fingerprint density at radius 2 is 1.71 bits per heavy atom. The Morgan fingerprint density at radius 3 is 2.38 bits per heavy atom. The SMILES string of the molecule is O=C1c2ccccc2C(O)N1[C@H](CO)Cc1ccccc1. The average molecular weight is 283 g/mol. The summed E-state index contributed by atoms with van der Waals surface area (Å²) in [7, 11) is 0. The number of aliphatic hydroxyl groups excluding tert-OH is 2. The Kier molecular flexibility index (Phi) is 3.73. The Labute approximate surface area is 123 Å². The van der Waals surface area contributed by atoms with Crippen LogP contribution in [-0.4, -0.2) is 33.7 Å². The minimum Gasteiger partial charge on any atom is -0.394 e. The molecule has 0 saturated heterocycles. The fourth-order valence-electron chi connectivity index (χ4n) is 2.82. The van der Waals surface area contributed by atoms with Gasteiger partial charge in [-0.3, -0.25) is 4.79 Å². The van der Waals surface area contributed by atoms with Gasteiger partial charge in [0.15, 0.2) is 6.23 Å². The van der Waals surface area contributed by atoms with Gasteiger partial charge in [-0.25, -0.2) is 0 Å². The molecule has 2 N–H and O–H groups in total. The Balaban J connectivity index is 1.87. The molecule has 0 saturated carbocycles. The van der Waals surface area contributed by atoms with Crippen LogP contribution in [-0.2, 0) is 6.42 Å². The first-order valence-electron chi connectivity index (χ1n) is 6.97. The van der Waals surface area contributed by atoms with Gasteiger partial charge in [-0.1, -0.05) is 48.5 Å². The molecule has 1 heterocycles. The van der Waals surface area contributed by atoms with Crippen LogP contribution < -0.4 is 0 Å². The van der Waals surface area contributed by atoms with Crippen LogP contribution in [0, 0.1) is 0 Å². The predicted octanol–water partition coefficient (Wildman–Crippen LogP) is 1.74. The molecular formula is C17H17NO3. The first-order chi connectivity index (χ1) is 10.2. The molecule has 0 fully saturated rings. The largest absolute Gasteiger partial charge is 0.394 e. The second kappa shape index (κ2) is 5.68. The normalized spacial score (nSPS) is 18.7. The molecule has 2 aromatic carbocycles. The third-order valence-electron chi connectivity index (χ3n) is 3.89. The third kappa shape index (κ3) is 2.44. The van der Waals surface area contributed by atoms with Crippen LogP contribution in [0.5, 0.6) is 0 Å². The van der Waals surface area contributed by atoms with E-state index >= 15 is 0 Å². The van der Waals surface area contributed by atoms with Crippen molar-refractivity contribution in [3.63, 3.8) is 0 Å². The van der Waals surface area contributed by atoms with E-state index in [0.717, 1.165) is 5.56 Å². The van der Waals surface area contributed by atoms with Crippen molar-refractivity contribution >= 4 is 5.91 Å². The van der Waals surface area contributed by atoms with E-state index in [9.17, 15) is 15.0 Å². The van der Waals surface area contributed by atoms with Crippen LogP contribution in [0.4, 0.5) is 0 Å². The fourth-order valence-corrected chi connectivity index (χ4v) is 2.82. The van der Waals surface area contributed by atoms with E-state index in [2.05, 4.69) is 0 Å². The highest BCUT2D eigenvalue weighted by atomic mass is 16.3. The molecule has 3 rings (SSSR count). The lowest BCUT2D eigenvalue weighted by atomic mass is 10.1. The molecule has 0 spiro atoms. The molecule has 2 aromatic rings. The molecule has 4 heteroatoms. The van der Waals surface area contributed by atoms with Crippen LogP contribution in [0.3, 0.4) is 0 Å². The molecule has 1 unspecified atom stereocenters. The van der Waals surface area contributed by atoms with Crippen LogP contribution in [0.2, 0.25) is 0 Å². The van der Waals surface area contributed by atoms with Crippen LogP contribution in [0.15, 0.2) is 54.6 Å². The number of rotatable bonds is 4. The molecule has 1 amide bonds. The maximum absolute atomic E-state index is 12.5. The summed E-state index contributed by atoms with van der Waals surface area (Å²) >= 11 is 0. The van der Waals surface area contributed by atoms with Crippen LogP contribution >= 0.6 is 0 Å². The van der Waals surface area contributed by atoms with Crippen LogP contribution in [0.1, 0.15) is 27.7 Å². The van der Waals surface area contributed by atoms with Gasteiger partial charge in [0, 0.05) is 11.1 Å². The highest BCUT2D eigenvalue weighted by Gasteiger charge is 2.39. The number of hydrogen-bond acceptors (Lipinski definition) is 3. The van der Waals surface area contributed by atoms with Gasteiger partial charge in [0.1, 0.15) is 0 Å². The second-order valence-electron chi connectivity index (χ2n) is 5.20. The maximum Gasteiger partial charge on any atom is 0.256 e. The van der Waals surface area contributed by atoms with Crippen molar-refractivity contribution in [2.75, 3.05) is 6.61 Å². The molecule has 0 bridgehead atoms. The number of hydrogen-bond donors (Lipinski definition) is 2. The number of benzene rings is 2. The van der Waals surface area contributed by atoms with Gasteiger partial charge in [-0.15, -0.1) is 0 Å². The first-order valence-corrected chi connectivity index (χ1v) is 6.97. The summed E-state index contributed by atoms with van der Waals surface area (Å²) in [6.07, 6.45) is -0.483. The average Bonchev–Trinajstić information content (AvgIpc) is 2.78. The number of amides is 1. The molecule has 21 heavy (non-hydrogen) atoms. The van der Waals surface area contributed by atoms with E-state index in [0.29, 0.717) is 17.5 Å². The Bertz CT molecular complexity index is 641. The Hall–Kier alpha value is -2.17. The van der Waals surface area contributed by atoms with E-state index < -0.39 is 12.3 Å². The fraction of sp³-hybridized carbons (Fsp3) is 0.235. The second-order valence-corrected chi connectivity index (χ2v) is 5.20. The summed E-state index contributed by atoms with van der Waals surface area (Å²) in [5, 5.41) is 20.0. The van der Waals surface area contributed by atoms with Gasteiger partial charge >= 0.3 is 0 Å². The quantitative estimate of drug-likeness (QED) is 0.898. The monoisotopic (exact) mass is 283 g/mol. The molecule has 108 valence electrons. The lowest BCUT2D eigenvalue weighted by Gasteiger charge is -2.29. The molecule has 4 nitrogen and oxygen atoms in total. The van der Waals surface area contributed by atoms with Crippen molar-refractivity contribution in [2.24, 2.45) is 0 Å². The van der Waals surface area contributed by atoms with Gasteiger partial charge in [-0.2, -0.15) is 0 Å². The van der Waals surface area contributed by atoms with Gasteiger partial charge in [0.05, 0.1) is 12.6 Å². The molecule has 0 radical (unpaired) electrons. The standard InChI is InChI=1S/C17H17NO3/c19-11-13(10-12-6-2-1-3-7-12)18-16(20)14-8-4-5-9-15(14)17(18)21/h1-9,13,16,19-20H,10-11H2/t13-,16?/m0/s1. The minimum absolute atomic E-state index is 0.189. The molecule has 0 aliphatic carbocycles. The van der Waals surface area contributed by atoms with Gasteiger partial charge < -0.3 is 15.1 Å². The van der Waals surface area contributed by atoms with Crippen molar-refractivity contribution < 1.29 is 15.0 Å².